The van der Waals surface area contributed by atoms with Gasteiger partial charge in [0.25, 0.3) is 5.91 Å². The molecule has 154 valence electrons. The third-order valence-corrected chi connectivity index (χ3v) is 5.31. The second-order valence-electron chi connectivity index (χ2n) is 7.81. The SMILES string of the molecule is Cc1nn(CC(C)C)c(Cl)c1C(=O)Nc1ccc2c(c1)nc(C)n2-c1ccccc1. The van der Waals surface area contributed by atoms with Crippen LogP contribution in [-0.4, -0.2) is 25.2 Å². The third-order valence-electron chi connectivity index (χ3n) is 4.93. The number of rotatable bonds is 5. The Hall–Kier alpha value is -3.12. The third kappa shape index (κ3) is 3.71. The topological polar surface area (TPSA) is 64.7 Å². The van der Waals surface area contributed by atoms with Crippen molar-refractivity contribution in [1.29, 1.82) is 0 Å². The van der Waals surface area contributed by atoms with E-state index < -0.39 is 0 Å². The van der Waals surface area contributed by atoms with Gasteiger partial charge in [0.05, 0.1) is 22.3 Å². The average Bonchev–Trinajstić information content (AvgIpc) is 3.16. The number of benzene rings is 2. The van der Waals surface area contributed by atoms with E-state index in [4.69, 9.17) is 11.6 Å². The maximum absolute atomic E-state index is 12.9. The van der Waals surface area contributed by atoms with Crippen molar-refractivity contribution in [2.75, 3.05) is 5.32 Å². The second kappa shape index (κ2) is 7.95. The lowest BCUT2D eigenvalue weighted by Gasteiger charge is -2.08. The fraction of sp³-hybridized carbons (Fsp3) is 0.261. The van der Waals surface area contributed by atoms with Gasteiger partial charge in [0.1, 0.15) is 11.0 Å². The van der Waals surface area contributed by atoms with Gasteiger partial charge in [-0.15, -0.1) is 0 Å². The lowest BCUT2D eigenvalue weighted by Crippen LogP contribution is -2.13. The smallest absolute Gasteiger partial charge is 0.260 e. The molecule has 1 N–H and O–H groups in total. The van der Waals surface area contributed by atoms with Crippen LogP contribution in [0, 0.1) is 19.8 Å². The van der Waals surface area contributed by atoms with E-state index in [-0.39, 0.29) is 5.91 Å². The zero-order valence-electron chi connectivity index (χ0n) is 17.5. The Labute approximate surface area is 180 Å². The van der Waals surface area contributed by atoms with Crippen LogP contribution >= 0.6 is 11.6 Å². The van der Waals surface area contributed by atoms with Crippen LogP contribution in [0.25, 0.3) is 16.7 Å². The van der Waals surface area contributed by atoms with E-state index in [0.717, 1.165) is 22.5 Å². The number of carbonyl (C=O) groups excluding carboxylic acids is 1. The maximum atomic E-state index is 12.9. The molecule has 4 aromatic rings. The minimum atomic E-state index is -0.272. The van der Waals surface area contributed by atoms with E-state index in [1.165, 1.54) is 0 Å². The highest BCUT2D eigenvalue weighted by atomic mass is 35.5. The van der Waals surface area contributed by atoms with E-state index in [9.17, 15) is 4.79 Å². The number of halogens is 1. The molecule has 30 heavy (non-hydrogen) atoms. The number of aryl methyl sites for hydroxylation is 2. The Bertz CT molecular complexity index is 1220. The first kappa shape index (κ1) is 20.2. The molecule has 0 aliphatic heterocycles. The molecule has 0 saturated heterocycles. The molecule has 2 aromatic heterocycles. The van der Waals surface area contributed by atoms with Crippen LogP contribution in [0.5, 0.6) is 0 Å². The molecule has 0 aliphatic carbocycles. The summed E-state index contributed by atoms with van der Waals surface area (Å²) in [6.07, 6.45) is 0. The van der Waals surface area contributed by atoms with Crippen LogP contribution in [0.1, 0.15) is 35.7 Å². The second-order valence-corrected chi connectivity index (χ2v) is 8.17. The molecule has 4 rings (SSSR count). The summed E-state index contributed by atoms with van der Waals surface area (Å²) in [6, 6.07) is 15.8. The number of anilines is 1. The van der Waals surface area contributed by atoms with E-state index in [0.29, 0.717) is 34.6 Å². The molecule has 0 unspecified atom stereocenters. The van der Waals surface area contributed by atoms with Gasteiger partial charge in [0, 0.05) is 17.9 Å². The number of imidazole rings is 1. The first-order valence-corrected chi connectivity index (χ1v) is 10.3. The summed E-state index contributed by atoms with van der Waals surface area (Å²) in [5, 5.41) is 7.73. The zero-order valence-corrected chi connectivity index (χ0v) is 18.2. The minimum absolute atomic E-state index is 0.272. The van der Waals surface area contributed by atoms with Crippen LogP contribution in [0.4, 0.5) is 5.69 Å². The first-order chi connectivity index (χ1) is 14.3. The molecule has 2 heterocycles. The van der Waals surface area contributed by atoms with Crippen molar-refractivity contribution >= 4 is 34.2 Å². The van der Waals surface area contributed by atoms with E-state index in [2.05, 4.69) is 33.8 Å². The van der Waals surface area contributed by atoms with Gasteiger partial charge in [-0.1, -0.05) is 43.6 Å². The Balaban J connectivity index is 1.64. The highest BCUT2D eigenvalue weighted by Gasteiger charge is 2.21. The molecule has 1 amide bonds. The van der Waals surface area contributed by atoms with Gasteiger partial charge in [-0.2, -0.15) is 5.10 Å². The van der Waals surface area contributed by atoms with Crippen molar-refractivity contribution in [3.8, 4) is 5.69 Å². The largest absolute Gasteiger partial charge is 0.322 e. The Kier molecular flexibility index (Phi) is 5.35. The molecule has 0 aliphatic rings. The molecular weight excluding hydrogens is 398 g/mol. The van der Waals surface area contributed by atoms with Gasteiger partial charge in [-0.05, 0) is 50.1 Å². The van der Waals surface area contributed by atoms with Crippen molar-refractivity contribution in [2.45, 2.75) is 34.2 Å². The van der Waals surface area contributed by atoms with Crippen LogP contribution in [0.15, 0.2) is 48.5 Å². The van der Waals surface area contributed by atoms with Crippen molar-refractivity contribution in [2.24, 2.45) is 5.92 Å². The summed E-state index contributed by atoms with van der Waals surface area (Å²) in [5.74, 6) is 0.989. The highest BCUT2D eigenvalue weighted by molar-refractivity contribution is 6.33. The summed E-state index contributed by atoms with van der Waals surface area (Å²) < 4.78 is 3.78. The van der Waals surface area contributed by atoms with Gasteiger partial charge >= 0.3 is 0 Å². The summed E-state index contributed by atoms with van der Waals surface area (Å²) in [4.78, 5) is 17.6. The summed E-state index contributed by atoms with van der Waals surface area (Å²) in [6.45, 7) is 8.59. The molecule has 0 spiro atoms. The highest BCUT2D eigenvalue weighted by Crippen LogP contribution is 2.26. The van der Waals surface area contributed by atoms with Crippen LogP contribution in [-0.2, 0) is 6.54 Å². The summed E-state index contributed by atoms with van der Waals surface area (Å²) >= 11 is 6.45. The van der Waals surface area contributed by atoms with Gasteiger partial charge in [-0.25, -0.2) is 4.98 Å². The fourth-order valence-corrected chi connectivity index (χ4v) is 3.98. The molecular formula is C23H24ClN5O. The summed E-state index contributed by atoms with van der Waals surface area (Å²) in [5.41, 5.74) is 4.53. The normalized spacial score (nSPS) is 11.4. The summed E-state index contributed by atoms with van der Waals surface area (Å²) in [7, 11) is 0. The van der Waals surface area contributed by atoms with Gasteiger partial charge in [0.15, 0.2) is 0 Å². The lowest BCUT2D eigenvalue weighted by molar-refractivity contribution is 0.102. The van der Waals surface area contributed by atoms with E-state index in [1.807, 2.05) is 55.5 Å². The zero-order chi connectivity index (χ0) is 21.4. The molecule has 2 aromatic carbocycles. The van der Waals surface area contributed by atoms with Gasteiger partial charge in [-0.3, -0.25) is 14.0 Å². The number of carbonyl (C=O) groups is 1. The van der Waals surface area contributed by atoms with Crippen molar-refractivity contribution in [3.05, 3.63) is 70.8 Å². The Morgan fingerprint density at radius 2 is 1.87 bits per heavy atom. The minimum Gasteiger partial charge on any atom is -0.322 e. The van der Waals surface area contributed by atoms with Crippen LogP contribution in [0.2, 0.25) is 5.15 Å². The molecule has 0 atom stereocenters. The molecule has 0 saturated carbocycles. The molecule has 0 fully saturated rings. The van der Waals surface area contributed by atoms with Crippen LogP contribution < -0.4 is 5.32 Å². The number of amides is 1. The maximum Gasteiger partial charge on any atom is 0.260 e. The fourth-order valence-electron chi connectivity index (χ4n) is 3.65. The molecule has 0 bridgehead atoms. The predicted octanol–water partition coefficient (Wildman–Crippen LogP) is 5.40. The lowest BCUT2D eigenvalue weighted by atomic mass is 10.2. The number of fused-ring (bicyclic) bond motifs is 1. The standard InChI is InChI=1S/C23H24ClN5O/c1-14(2)13-28-22(24)21(15(3)27-28)23(30)26-17-10-11-20-19(12-17)25-16(4)29(20)18-8-6-5-7-9-18/h5-12,14H,13H2,1-4H3,(H,26,30). The van der Waals surface area contributed by atoms with Gasteiger partial charge in [0.2, 0.25) is 0 Å². The molecule has 6 nitrogen and oxygen atoms in total. The first-order valence-electron chi connectivity index (χ1n) is 9.94. The monoisotopic (exact) mass is 421 g/mol. The Morgan fingerprint density at radius 3 is 2.57 bits per heavy atom. The Morgan fingerprint density at radius 1 is 1.13 bits per heavy atom. The average molecular weight is 422 g/mol. The van der Waals surface area contributed by atoms with Crippen molar-refractivity contribution < 1.29 is 4.79 Å². The van der Waals surface area contributed by atoms with E-state index in [1.54, 1.807) is 11.6 Å². The molecule has 7 heteroatoms. The van der Waals surface area contributed by atoms with E-state index >= 15 is 0 Å². The number of nitrogens with zero attached hydrogens (tertiary/aromatic N) is 4. The molecule has 0 radical (unpaired) electrons. The number of nitrogens with one attached hydrogen (secondary N) is 1. The number of para-hydroxylation sites is 1. The van der Waals surface area contributed by atoms with Crippen molar-refractivity contribution in [3.63, 3.8) is 0 Å². The number of hydrogen-bond acceptors (Lipinski definition) is 3. The van der Waals surface area contributed by atoms with Gasteiger partial charge < -0.3 is 5.32 Å². The quantitative estimate of drug-likeness (QED) is 0.469. The van der Waals surface area contributed by atoms with Crippen molar-refractivity contribution in [1.82, 2.24) is 19.3 Å². The van der Waals surface area contributed by atoms with Crippen LogP contribution in [0.3, 0.4) is 0 Å². The number of aromatic nitrogens is 4. The number of hydrogen-bond donors (Lipinski definition) is 1. The predicted molar refractivity (Wildman–Crippen MR) is 121 cm³/mol.